The number of rotatable bonds is 5. The predicted octanol–water partition coefficient (Wildman–Crippen LogP) is 2.00. The van der Waals surface area contributed by atoms with Crippen LogP contribution in [0.15, 0.2) is 18.2 Å². The van der Waals surface area contributed by atoms with Crippen LogP contribution in [-0.4, -0.2) is 24.2 Å². The van der Waals surface area contributed by atoms with Crippen molar-refractivity contribution in [3.05, 3.63) is 39.7 Å². The second-order valence-electron chi connectivity index (χ2n) is 4.27. The van der Waals surface area contributed by atoms with Crippen molar-refractivity contribution in [3.8, 4) is 0 Å². The van der Waals surface area contributed by atoms with E-state index >= 15 is 0 Å². The molecule has 0 aromatic heterocycles. The Bertz CT molecular complexity index is 433. The molecule has 5 nitrogen and oxygen atoms in total. The number of nitrogens with one attached hydrogen (secondary N) is 1. The van der Waals surface area contributed by atoms with E-state index in [0.29, 0.717) is 12.1 Å². The van der Waals surface area contributed by atoms with E-state index in [2.05, 4.69) is 5.32 Å². The average molecular weight is 254 g/mol. The fraction of sp³-hybridized carbons (Fsp3) is 0.500. The molecule has 1 aromatic carbocycles. The molecule has 1 aliphatic rings. The third-order valence-corrected chi connectivity index (χ3v) is 2.97. The summed E-state index contributed by atoms with van der Waals surface area (Å²) in [6, 6.07) is 4.20. The maximum absolute atomic E-state index is 13.7. The van der Waals surface area contributed by atoms with E-state index in [1.807, 2.05) is 0 Å². The zero-order valence-electron chi connectivity index (χ0n) is 9.89. The van der Waals surface area contributed by atoms with Crippen LogP contribution in [0.4, 0.5) is 10.1 Å². The van der Waals surface area contributed by atoms with Crippen molar-refractivity contribution in [3.63, 3.8) is 0 Å². The Kier molecular flexibility index (Phi) is 4.22. The minimum atomic E-state index is -0.762. The molecule has 2 rings (SSSR count). The fourth-order valence-corrected chi connectivity index (χ4v) is 2.02. The van der Waals surface area contributed by atoms with Crippen LogP contribution in [-0.2, 0) is 11.3 Å². The van der Waals surface area contributed by atoms with Gasteiger partial charge in [0.15, 0.2) is 0 Å². The Balaban J connectivity index is 1.92. The highest BCUT2D eigenvalue weighted by Gasteiger charge is 2.18. The molecule has 0 bridgehead atoms. The van der Waals surface area contributed by atoms with Gasteiger partial charge in [0.25, 0.3) is 0 Å². The van der Waals surface area contributed by atoms with Gasteiger partial charge in [-0.25, -0.2) is 0 Å². The SMILES string of the molecule is O=[N+]([O-])c1cccc(CNCC2CCCO2)c1F. The largest absolute Gasteiger partial charge is 0.377 e. The van der Waals surface area contributed by atoms with Gasteiger partial charge in [0.1, 0.15) is 0 Å². The van der Waals surface area contributed by atoms with Gasteiger partial charge in [-0.2, -0.15) is 4.39 Å². The number of ether oxygens (including phenoxy) is 1. The van der Waals surface area contributed by atoms with E-state index in [9.17, 15) is 14.5 Å². The van der Waals surface area contributed by atoms with Crippen LogP contribution in [0, 0.1) is 15.9 Å². The number of benzene rings is 1. The smallest absolute Gasteiger partial charge is 0.305 e. The molecule has 98 valence electrons. The lowest BCUT2D eigenvalue weighted by Crippen LogP contribution is -2.26. The van der Waals surface area contributed by atoms with E-state index in [1.54, 1.807) is 6.07 Å². The van der Waals surface area contributed by atoms with Crippen LogP contribution in [0.2, 0.25) is 0 Å². The Labute approximate surface area is 104 Å². The Morgan fingerprint density at radius 1 is 1.56 bits per heavy atom. The summed E-state index contributed by atoms with van der Waals surface area (Å²) in [5, 5.41) is 13.6. The van der Waals surface area contributed by atoms with Crippen molar-refractivity contribution in [1.29, 1.82) is 0 Å². The Morgan fingerprint density at radius 2 is 2.39 bits per heavy atom. The fourth-order valence-electron chi connectivity index (χ4n) is 2.02. The van der Waals surface area contributed by atoms with E-state index < -0.39 is 16.4 Å². The molecule has 0 radical (unpaired) electrons. The molecule has 1 saturated heterocycles. The van der Waals surface area contributed by atoms with E-state index in [4.69, 9.17) is 4.74 Å². The molecule has 6 heteroatoms. The van der Waals surface area contributed by atoms with Crippen molar-refractivity contribution in [2.75, 3.05) is 13.2 Å². The molecule has 18 heavy (non-hydrogen) atoms. The molecule has 1 aromatic rings. The van der Waals surface area contributed by atoms with Crippen LogP contribution >= 0.6 is 0 Å². The van der Waals surface area contributed by atoms with E-state index in [-0.39, 0.29) is 12.6 Å². The second kappa shape index (κ2) is 5.88. The van der Waals surface area contributed by atoms with Gasteiger partial charge < -0.3 is 10.1 Å². The number of nitro benzene ring substituents is 1. The van der Waals surface area contributed by atoms with Crippen LogP contribution < -0.4 is 5.32 Å². The predicted molar refractivity (Wildman–Crippen MR) is 63.7 cm³/mol. The summed E-state index contributed by atoms with van der Waals surface area (Å²) >= 11 is 0. The highest BCUT2D eigenvalue weighted by molar-refractivity contribution is 5.36. The Hall–Kier alpha value is -1.53. The molecule has 1 atom stereocenters. The summed E-state index contributed by atoms with van der Waals surface area (Å²) in [5.74, 6) is -0.762. The van der Waals surface area contributed by atoms with E-state index in [1.165, 1.54) is 12.1 Å². The topological polar surface area (TPSA) is 64.4 Å². The molecule has 0 aliphatic carbocycles. The molecule has 1 heterocycles. The molecule has 1 N–H and O–H groups in total. The summed E-state index contributed by atoms with van der Waals surface area (Å²) < 4.78 is 19.1. The van der Waals surface area contributed by atoms with Crippen molar-refractivity contribution in [2.24, 2.45) is 0 Å². The molecular formula is C12H15FN2O3. The number of nitro groups is 1. The number of hydrogen-bond acceptors (Lipinski definition) is 4. The maximum Gasteiger partial charge on any atom is 0.305 e. The van der Waals surface area contributed by atoms with Crippen LogP contribution in [0.1, 0.15) is 18.4 Å². The Morgan fingerprint density at radius 3 is 3.06 bits per heavy atom. The average Bonchev–Trinajstić information content (AvgIpc) is 2.84. The van der Waals surface area contributed by atoms with Crippen molar-refractivity contribution in [1.82, 2.24) is 5.32 Å². The van der Waals surface area contributed by atoms with Crippen molar-refractivity contribution in [2.45, 2.75) is 25.5 Å². The maximum atomic E-state index is 13.7. The van der Waals surface area contributed by atoms with Gasteiger partial charge in [0.2, 0.25) is 5.82 Å². The van der Waals surface area contributed by atoms with E-state index in [0.717, 1.165) is 19.4 Å². The number of halogens is 1. The summed E-state index contributed by atoms with van der Waals surface area (Å²) in [6.07, 6.45) is 2.23. The van der Waals surface area contributed by atoms with Gasteiger partial charge in [-0.05, 0) is 12.8 Å². The zero-order valence-corrected chi connectivity index (χ0v) is 9.89. The first kappa shape index (κ1) is 12.9. The summed E-state index contributed by atoms with van der Waals surface area (Å²) in [4.78, 5) is 9.87. The molecule has 0 amide bonds. The highest BCUT2D eigenvalue weighted by atomic mass is 19.1. The molecule has 1 aliphatic heterocycles. The van der Waals surface area contributed by atoms with Crippen molar-refractivity contribution < 1.29 is 14.1 Å². The van der Waals surface area contributed by atoms with Gasteiger partial charge in [-0.15, -0.1) is 0 Å². The van der Waals surface area contributed by atoms with Gasteiger partial charge in [0, 0.05) is 31.3 Å². The van der Waals surface area contributed by atoms with Gasteiger partial charge in [-0.3, -0.25) is 10.1 Å². The summed E-state index contributed by atoms with van der Waals surface area (Å²) in [7, 11) is 0. The van der Waals surface area contributed by atoms with Crippen LogP contribution in [0.25, 0.3) is 0 Å². The zero-order chi connectivity index (χ0) is 13.0. The molecule has 0 spiro atoms. The third kappa shape index (κ3) is 3.02. The summed E-state index contributed by atoms with van der Waals surface area (Å²) in [6.45, 7) is 1.69. The first-order valence-corrected chi connectivity index (χ1v) is 5.92. The highest BCUT2D eigenvalue weighted by Crippen LogP contribution is 2.20. The monoisotopic (exact) mass is 254 g/mol. The van der Waals surface area contributed by atoms with Crippen LogP contribution in [0.3, 0.4) is 0 Å². The standard InChI is InChI=1S/C12H15FN2O3/c13-12-9(3-1-5-11(12)15(16)17)7-14-8-10-4-2-6-18-10/h1,3,5,10,14H,2,4,6-8H2. The van der Waals surface area contributed by atoms with Gasteiger partial charge in [0.05, 0.1) is 11.0 Å². The molecular weight excluding hydrogens is 239 g/mol. The second-order valence-corrected chi connectivity index (χ2v) is 4.27. The molecule has 0 saturated carbocycles. The lowest BCUT2D eigenvalue weighted by atomic mass is 10.1. The molecule has 1 unspecified atom stereocenters. The summed E-state index contributed by atoms with van der Waals surface area (Å²) in [5.41, 5.74) is -0.173. The minimum Gasteiger partial charge on any atom is -0.377 e. The first-order chi connectivity index (χ1) is 8.68. The van der Waals surface area contributed by atoms with Crippen molar-refractivity contribution >= 4 is 5.69 Å². The minimum absolute atomic E-state index is 0.173. The quantitative estimate of drug-likeness (QED) is 0.644. The lowest BCUT2D eigenvalue weighted by Gasteiger charge is -2.11. The van der Waals surface area contributed by atoms with Gasteiger partial charge in [-0.1, -0.05) is 12.1 Å². The number of nitrogens with zero attached hydrogens (tertiary/aromatic N) is 1. The normalized spacial score (nSPS) is 19.1. The number of hydrogen-bond donors (Lipinski definition) is 1. The third-order valence-electron chi connectivity index (χ3n) is 2.97. The molecule has 1 fully saturated rings. The van der Waals surface area contributed by atoms with Crippen LogP contribution in [0.5, 0.6) is 0 Å². The van der Waals surface area contributed by atoms with Gasteiger partial charge >= 0.3 is 5.69 Å². The lowest BCUT2D eigenvalue weighted by molar-refractivity contribution is -0.387. The first-order valence-electron chi connectivity index (χ1n) is 5.92.